The lowest BCUT2D eigenvalue weighted by molar-refractivity contribution is -0.136. The minimum absolute atomic E-state index is 0.143. The second-order valence-corrected chi connectivity index (χ2v) is 10.5. The third kappa shape index (κ3) is 16.8. The van der Waals surface area contributed by atoms with E-state index in [9.17, 15) is 28.7 Å². The van der Waals surface area contributed by atoms with Crippen molar-refractivity contribution in [3.05, 3.63) is 0 Å². The zero-order valence-electron chi connectivity index (χ0n) is 19.0. The molecular weight excluding hydrogens is 466 g/mol. The Morgan fingerprint density at radius 2 is 1.28 bits per heavy atom. The number of carbonyl (C=O) groups excluding carboxylic acids is 2. The van der Waals surface area contributed by atoms with Gasteiger partial charge in [-0.25, -0.2) is 9.13 Å². The van der Waals surface area contributed by atoms with Gasteiger partial charge in [0.25, 0.3) is 0 Å². The summed E-state index contributed by atoms with van der Waals surface area (Å²) in [7, 11) is -10.3. The van der Waals surface area contributed by atoms with E-state index in [1.807, 2.05) is 13.8 Å². The highest BCUT2D eigenvalue weighted by molar-refractivity contribution is 7.62. The van der Waals surface area contributed by atoms with Crippen LogP contribution in [-0.4, -0.2) is 46.4 Å². The minimum Gasteiger partial charge on any atom is -0.394 e. The van der Waals surface area contributed by atoms with Gasteiger partial charge in [0.15, 0.2) is 0 Å². The van der Waals surface area contributed by atoms with Gasteiger partial charge in [0, 0.05) is 12.8 Å². The van der Waals surface area contributed by atoms with E-state index in [4.69, 9.17) is 9.63 Å². The molecule has 3 atom stereocenters. The fourth-order valence-electron chi connectivity index (χ4n) is 2.53. The lowest BCUT2D eigenvalue weighted by atomic mass is 10.1. The molecule has 0 aliphatic heterocycles. The number of hydrogen-bond donors (Lipinski definition) is 3. The van der Waals surface area contributed by atoms with Gasteiger partial charge in [-0.1, -0.05) is 65.2 Å². The Morgan fingerprint density at radius 3 is 1.75 bits per heavy atom. The van der Waals surface area contributed by atoms with Crippen molar-refractivity contribution in [2.24, 2.45) is 0 Å². The molecule has 0 fully saturated rings. The van der Waals surface area contributed by atoms with Crippen LogP contribution in [0.5, 0.6) is 0 Å². The lowest BCUT2D eigenvalue weighted by Gasteiger charge is -2.20. The Morgan fingerprint density at radius 1 is 0.812 bits per heavy atom. The maximum Gasteiger partial charge on any atom is 0.542 e. The predicted molar refractivity (Wildman–Crippen MR) is 116 cm³/mol. The normalized spacial score (nSPS) is 16.0. The van der Waals surface area contributed by atoms with Crippen molar-refractivity contribution in [3.8, 4) is 0 Å². The summed E-state index contributed by atoms with van der Waals surface area (Å²) in [4.78, 5) is 33.6. The molecule has 0 rings (SSSR count). The van der Waals surface area contributed by atoms with Gasteiger partial charge in [0.2, 0.25) is 0 Å². The van der Waals surface area contributed by atoms with Crippen LogP contribution in [0.2, 0.25) is 0 Å². The van der Waals surface area contributed by atoms with Crippen LogP contribution in [0, 0.1) is 0 Å². The van der Waals surface area contributed by atoms with Crippen LogP contribution in [0.4, 0.5) is 0 Å². The molecular formula is C19H38O11P2. The summed E-state index contributed by atoms with van der Waals surface area (Å²) in [5.41, 5.74) is 0. The quantitative estimate of drug-likeness (QED) is 0.159. The molecule has 0 heterocycles. The molecule has 0 aromatic rings. The molecule has 0 radical (unpaired) electrons. The summed E-state index contributed by atoms with van der Waals surface area (Å²) < 4.78 is 43.0. The Hall–Kier alpha value is -0.800. The van der Waals surface area contributed by atoms with E-state index >= 15 is 0 Å². The first-order valence-electron chi connectivity index (χ1n) is 11.1. The fourth-order valence-corrected chi connectivity index (χ4v) is 5.09. The molecule has 0 aliphatic rings. The maximum atomic E-state index is 12.7. The molecule has 0 saturated heterocycles. The van der Waals surface area contributed by atoms with Crippen LogP contribution in [0.1, 0.15) is 90.9 Å². The van der Waals surface area contributed by atoms with E-state index in [2.05, 4.69) is 13.4 Å². The van der Waals surface area contributed by atoms with Crippen LogP contribution in [0.3, 0.4) is 0 Å². The Bertz CT molecular complexity index is 626. The van der Waals surface area contributed by atoms with E-state index in [0.717, 1.165) is 51.4 Å². The molecule has 0 aromatic heterocycles. The third-order valence-electron chi connectivity index (χ3n) is 4.24. The molecule has 13 heteroatoms. The van der Waals surface area contributed by atoms with Crippen molar-refractivity contribution in [2.45, 2.75) is 97.0 Å². The van der Waals surface area contributed by atoms with Gasteiger partial charge in [-0.2, -0.15) is 4.31 Å². The van der Waals surface area contributed by atoms with E-state index in [-0.39, 0.29) is 12.8 Å². The number of aliphatic hydroxyl groups is 2. The van der Waals surface area contributed by atoms with Gasteiger partial charge in [-0.15, -0.1) is 0 Å². The highest BCUT2D eigenvalue weighted by atomic mass is 31.3. The molecule has 0 saturated carbocycles. The number of aliphatic hydroxyl groups excluding tert-OH is 2. The molecule has 0 spiro atoms. The monoisotopic (exact) mass is 504 g/mol. The average molecular weight is 504 g/mol. The molecule has 0 aliphatic carbocycles. The second kappa shape index (κ2) is 17.6. The van der Waals surface area contributed by atoms with Crippen molar-refractivity contribution in [1.82, 2.24) is 0 Å². The van der Waals surface area contributed by atoms with E-state index in [0.29, 0.717) is 12.8 Å². The lowest BCUT2D eigenvalue weighted by Crippen LogP contribution is -2.20. The molecule has 3 N–H and O–H groups in total. The fraction of sp³-hybridized carbons (Fsp3) is 0.895. The van der Waals surface area contributed by atoms with Crippen molar-refractivity contribution >= 4 is 27.6 Å². The summed E-state index contributed by atoms with van der Waals surface area (Å²) in [5, 5.41) is 18.2. The molecule has 32 heavy (non-hydrogen) atoms. The summed E-state index contributed by atoms with van der Waals surface area (Å²) in [5.74, 6) is -2.05. The highest BCUT2D eigenvalue weighted by Gasteiger charge is 2.43. The van der Waals surface area contributed by atoms with E-state index < -0.39 is 46.9 Å². The SMILES string of the molecule is CCCCCCCC(=O)OP(=O)(O)OP(=O)(OCC(O)CO)OC(=O)CCCCCCC. The van der Waals surface area contributed by atoms with Crippen LogP contribution in [0.25, 0.3) is 0 Å². The molecule has 0 amide bonds. The molecule has 11 nitrogen and oxygen atoms in total. The number of phosphoric ester groups is 2. The first-order chi connectivity index (χ1) is 15.1. The van der Waals surface area contributed by atoms with E-state index in [1.165, 1.54) is 0 Å². The largest absolute Gasteiger partial charge is 0.542 e. The van der Waals surface area contributed by atoms with Crippen molar-refractivity contribution in [1.29, 1.82) is 0 Å². The zero-order valence-corrected chi connectivity index (χ0v) is 20.8. The summed E-state index contributed by atoms with van der Waals surface area (Å²) in [6.07, 6.45) is 6.35. The summed E-state index contributed by atoms with van der Waals surface area (Å²) in [6.45, 7) is 2.48. The molecule has 0 aromatic carbocycles. The summed E-state index contributed by atoms with van der Waals surface area (Å²) in [6, 6.07) is 0. The van der Waals surface area contributed by atoms with Crippen LogP contribution in [0.15, 0.2) is 0 Å². The van der Waals surface area contributed by atoms with Crippen LogP contribution < -0.4 is 0 Å². The predicted octanol–water partition coefficient (Wildman–Crippen LogP) is 4.39. The smallest absolute Gasteiger partial charge is 0.394 e. The molecule has 190 valence electrons. The van der Waals surface area contributed by atoms with Gasteiger partial charge in [0.05, 0.1) is 13.2 Å². The minimum atomic E-state index is -5.26. The Kier molecular flexibility index (Phi) is 17.2. The van der Waals surface area contributed by atoms with Gasteiger partial charge < -0.3 is 19.3 Å². The number of rotatable bonds is 20. The Balaban J connectivity index is 4.87. The molecule has 3 unspecified atom stereocenters. The molecule has 0 bridgehead atoms. The Labute approximate surface area is 190 Å². The van der Waals surface area contributed by atoms with Gasteiger partial charge in [0.1, 0.15) is 6.10 Å². The average Bonchev–Trinajstić information content (AvgIpc) is 2.70. The number of hydrogen-bond acceptors (Lipinski definition) is 10. The van der Waals surface area contributed by atoms with Crippen LogP contribution >= 0.6 is 15.6 Å². The summed E-state index contributed by atoms with van der Waals surface area (Å²) >= 11 is 0. The number of unbranched alkanes of at least 4 members (excludes halogenated alkanes) is 8. The first kappa shape index (κ1) is 31.2. The van der Waals surface area contributed by atoms with Crippen molar-refractivity contribution in [2.75, 3.05) is 13.2 Å². The zero-order chi connectivity index (χ0) is 24.5. The van der Waals surface area contributed by atoms with E-state index in [1.54, 1.807) is 0 Å². The van der Waals surface area contributed by atoms with Crippen LogP contribution in [-0.2, 0) is 36.6 Å². The maximum absolute atomic E-state index is 12.7. The first-order valence-corrected chi connectivity index (χ1v) is 14.1. The second-order valence-electron chi connectivity index (χ2n) is 7.38. The van der Waals surface area contributed by atoms with Gasteiger partial charge >= 0.3 is 27.6 Å². The van der Waals surface area contributed by atoms with Crippen molar-refractivity contribution in [3.63, 3.8) is 0 Å². The van der Waals surface area contributed by atoms with Crippen molar-refractivity contribution < 1.29 is 51.7 Å². The number of phosphoric acid groups is 2. The third-order valence-corrected chi connectivity index (χ3v) is 7.19. The van der Waals surface area contributed by atoms with Gasteiger partial charge in [-0.3, -0.25) is 19.0 Å². The number of carbonyl (C=O) groups is 2. The van der Waals surface area contributed by atoms with Gasteiger partial charge in [-0.05, 0) is 12.8 Å². The highest BCUT2D eigenvalue weighted by Crippen LogP contribution is 2.63. The standard InChI is InChI=1S/C19H38O11P2/c1-3-5-7-9-11-13-18(22)28-31(24,25)30-32(26,27-16-17(21)15-20)29-19(23)14-12-10-8-6-4-2/h17,20-21H,3-16H2,1-2H3,(H,24,25). The topological polar surface area (TPSA) is 166 Å².